The van der Waals surface area contributed by atoms with Gasteiger partial charge in [-0.3, -0.25) is 9.59 Å². The van der Waals surface area contributed by atoms with Crippen molar-refractivity contribution in [1.29, 1.82) is 0 Å². The molecule has 0 bridgehead atoms. The van der Waals surface area contributed by atoms with Crippen molar-refractivity contribution in [3.8, 4) is 22.3 Å². The van der Waals surface area contributed by atoms with E-state index in [2.05, 4.69) is 34.9 Å². The molecule has 0 aliphatic carbocycles. The van der Waals surface area contributed by atoms with Crippen LogP contribution in [-0.4, -0.2) is 165 Å². The number of methoxy groups -OCH3 is 2. The number of benzene rings is 4. The SMILES string of the molecule is CCc1cccc(-c2c(F)cccc2C(O)(CCCNC(=O)OC)[C@@H]2CCCN(C(=O)CCCN)C2)c1.CCc1cccc(-c2c(F)cccc2C(O)(CCCNC(=O)OC)[C@@H]2CCCN(C(=O)CCCNCCO)C2)c1.OC1COC(O)CO1. The Morgan fingerprint density at radius 1 is 0.635 bits per heavy atom. The first-order valence-corrected chi connectivity index (χ1v) is 30.0. The third kappa shape index (κ3) is 20.8. The second-order valence-corrected chi connectivity index (χ2v) is 21.7. The molecule has 4 aromatic rings. The quantitative estimate of drug-likeness (QED) is 0.0302. The number of aliphatic hydroxyl groups is 5. The Morgan fingerprint density at radius 2 is 1.07 bits per heavy atom. The highest BCUT2D eigenvalue weighted by atomic mass is 19.1. The molecule has 4 aromatic carbocycles. The van der Waals surface area contributed by atoms with Gasteiger partial charge in [0, 0.05) is 81.6 Å². The van der Waals surface area contributed by atoms with Crippen molar-refractivity contribution in [2.75, 3.05) is 92.9 Å². The van der Waals surface area contributed by atoms with E-state index in [9.17, 15) is 29.4 Å². The Kier molecular flexibility index (Phi) is 29.6. The predicted molar refractivity (Wildman–Crippen MR) is 320 cm³/mol. The average molecular weight is 1190 g/mol. The van der Waals surface area contributed by atoms with Crippen molar-refractivity contribution in [2.45, 2.75) is 128 Å². The van der Waals surface area contributed by atoms with Crippen molar-refractivity contribution in [3.05, 3.63) is 119 Å². The summed E-state index contributed by atoms with van der Waals surface area (Å²) >= 11 is 0. The maximum absolute atomic E-state index is 15.6. The molecule has 19 nitrogen and oxygen atoms in total. The minimum Gasteiger partial charge on any atom is -0.453 e. The van der Waals surface area contributed by atoms with Crippen LogP contribution in [0.1, 0.15) is 113 Å². The number of hydrogen-bond acceptors (Lipinski definition) is 15. The molecular formula is C64H92F2N6O13. The Balaban J connectivity index is 0.000000274. The smallest absolute Gasteiger partial charge is 0.406 e. The molecule has 4 unspecified atom stereocenters. The topological polar surface area (TPSA) is 275 Å². The minimum absolute atomic E-state index is 0.0278. The van der Waals surface area contributed by atoms with Crippen molar-refractivity contribution in [2.24, 2.45) is 17.6 Å². The van der Waals surface area contributed by atoms with Crippen LogP contribution in [0.3, 0.4) is 0 Å². The lowest BCUT2D eigenvalue weighted by Gasteiger charge is -2.43. The molecule has 3 saturated heterocycles. The number of carbonyl (C=O) groups is 4. The van der Waals surface area contributed by atoms with E-state index >= 15 is 8.78 Å². The number of aryl methyl sites for hydroxylation is 2. The summed E-state index contributed by atoms with van der Waals surface area (Å²) in [4.78, 5) is 52.7. The van der Waals surface area contributed by atoms with E-state index in [0.29, 0.717) is 144 Å². The lowest BCUT2D eigenvalue weighted by Crippen LogP contribution is -2.48. The second-order valence-electron chi connectivity index (χ2n) is 21.7. The number of nitrogens with one attached hydrogen (secondary N) is 3. The fourth-order valence-electron chi connectivity index (χ4n) is 11.4. The summed E-state index contributed by atoms with van der Waals surface area (Å²) in [6.45, 7) is 8.45. The number of carbonyl (C=O) groups excluding carboxylic acids is 4. The van der Waals surface area contributed by atoms with Gasteiger partial charge >= 0.3 is 12.2 Å². The predicted octanol–water partition coefficient (Wildman–Crippen LogP) is 7.01. The van der Waals surface area contributed by atoms with E-state index in [1.54, 1.807) is 29.2 Å². The van der Waals surface area contributed by atoms with E-state index in [1.807, 2.05) is 67.3 Å². The van der Waals surface area contributed by atoms with Gasteiger partial charge in [-0.25, -0.2) is 18.4 Å². The third-order valence-corrected chi connectivity index (χ3v) is 16.0. The molecule has 0 aromatic heterocycles. The minimum atomic E-state index is -1.43. The van der Waals surface area contributed by atoms with Crippen LogP contribution in [0.4, 0.5) is 18.4 Å². The van der Waals surface area contributed by atoms with E-state index in [1.165, 1.54) is 26.4 Å². The number of nitrogens with zero attached hydrogens (tertiary/aromatic N) is 2. The number of aliphatic hydroxyl groups excluding tert-OH is 3. The van der Waals surface area contributed by atoms with Gasteiger partial charge in [-0.2, -0.15) is 0 Å². The van der Waals surface area contributed by atoms with Gasteiger partial charge in [0.1, 0.15) is 24.8 Å². The largest absolute Gasteiger partial charge is 0.453 e. The molecule has 3 aliphatic heterocycles. The van der Waals surface area contributed by atoms with E-state index < -0.39 is 47.6 Å². The molecule has 3 aliphatic rings. The third-order valence-electron chi connectivity index (χ3n) is 16.0. The van der Waals surface area contributed by atoms with E-state index in [-0.39, 0.29) is 56.3 Å². The zero-order chi connectivity index (χ0) is 61.8. The van der Waals surface area contributed by atoms with Crippen molar-refractivity contribution in [1.82, 2.24) is 25.8 Å². The molecule has 0 spiro atoms. The van der Waals surface area contributed by atoms with Gasteiger partial charge in [0.25, 0.3) is 0 Å². The normalized spacial score (nSPS) is 19.2. The lowest BCUT2D eigenvalue weighted by atomic mass is 9.72. The van der Waals surface area contributed by atoms with E-state index in [0.717, 1.165) is 36.8 Å². The number of alkyl carbamates (subject to hydrolysis) is 2. The van der Waals surface area contributed by atoms with Gasteiger partial charge in [0.15, 0.2) is 12.6 Å². The monoisotopic (exact) mass is 1190 g/mol. The summed E-state index contributed by atoms with van der Waals surface area (Å²) in [7, 11) is 2.60. The summed E-state index contributed by atoms with van der Waals surface area (Å²) in [6.07, 6.45) is 5.15. The number of halogens is 2. The van der Waals surface area contributed by atoms with Crippen LogP contribution in [0.2, 0.25) is 0 Å². The molecule has 7 rings (SSSR count). The first-order valence-electron chi connectivity index (χ1n) is 30.0. The van der Waals surface area contributed by atoms with E-state index in [4.69, 9.17) is 21.1 Å². The number of ether oxygens (including phenoxy) is 4. The van der Waals surface area contributed by atoms with Gasteiger partial charge < -0.3 is 76.0 Å². The van der Waals surface area contributed by atoms with Crippen LogP contribution < -0.4 is 21.7 Å². The molecule has 85 heavy (non-hydrogen) atoms. The molecule has 0 radical (unpaired) electrons. The molecular weight excluding hydrogens is 1100 g/mol. The van der Waals surface area contributed by atoms with Crippen molar-refractivity contribution < 1.29 is 72.4 Å². The highest BCUT2D eigenvalue weighted by Gasteiger charge is 2.45. The maximum Gasteiger partial charge on any atom is 0.406 e. The lowest BCUT2D eigenvalue weighted by molar-refractivity contribution is -0.263. The van der Waals surface area contributed by atoms with Gasteiger partial charge in [-0.1, -0.05) is 86.6 Å². The fraction of sp³-hybridized carbons (Fsp3) is 0.562. The number of piperidine rings is 2. The zero-order valence-electron chi connectivity index (χ0n) is 50.0. The molecule has 3 heterocycles. The van der Waals surface area contributed by atoms with Crippen LogP contribution in [0.25, 0.3) is 22.3 Å². The molecule has 10 N–H and O–H groups in total. The number of amides is 4. The summed E-state index contributed by atoms with van der Waals surface area (Å²) in [5.41, 5.74) is 8.10. The highest BCUT2D eigenvalue weighted by molar-refractivity contribution is 5.77. The Morgan fingerprint density at radius 3 is 1.47 bits per heavy atom. The standard InChI is InChI=1S/C31H44FN3O5.C29H40FN3O4.C4H8O4/c1-3-23-9-4-10-24(21-23)29-26(12-5-13-27(29)32)31(39,15-8-17-34-30(38)40-2)25-11-7-19-35(22-25)28(37)14-6-16-33-18-20-36;1-3-21-9-4-10-22(19-21)27-24(12-5-13-25(27)30)29(36,15-8-17-32-28(35)37-2)23-11-7-18-33(20-23)26(34)14-6-16-31;5-3-1-7-4(6)2-8-3/h4-5,9-10,12-13,21,25,33,36,39H,3,6-8,11,14-20,22H2,1-2H3,(H,34,38);4-5,9-10,12-13,19,23,36H,3,6-8,11,14-18,20,31H2,1-2H3,(H,32,35);3-6H,1-2H2/t25-,31?;23-,29?;/m11./s1. The van der Waals surface area contributed by atoms with Crippen LogP contribution in [0.15, 0.2) is 84.9 Å². The van der Waals surface area contributed by atoms with Crippen molar-refractivity contribution >= 4 is 24.0 Å². The first kappa shape index (κ1) is 69.6. The molecule has 6 atom stereocenters. The van der Waals surface area contributed by atoms with Crippen LogP contribution in [0.5, 0.6) is 0 Å². The van der Waals surface area contributed by atoms with Crippen LogP contribution in [0, 0.1) is 23.5 Å². The Hall–Kier alpha value is -6.14. The molecule has 4 amide bonds. The average Bonchev–Trinajstić information content (AvgIpc) is 2.31. The summed E-state index contributed by atoms with van der Waals surface area (Å²) in [6, 6.07) is 25.1. The molecule has 0 saturated carbocycles. The van der Waals surface area contributed by atoms with Crippen molar-refractivity contribution in [3.63, 3.8) is 0 Å². The van der Waals surface area contributed by atoms with Gasteiger partial charge in [-0.05, 0) is 136 Å². The van der Waals surface area contributed by atoms with Crippen LogP contribution in [-0.2, 0) is 52.6 Å². The second kappa shape index (κ2) is 36.1. The van der Waals surface area contributed by atoms with Crippen LogP contribution >= 0.6 is 0 Å². The summed E-state index contributed by atoms with van der Waals surface area (Å²) < 4.78 is 49.5. The summed E-state index contributed by atoms with van der Waals surface area (Å²) in [5.74, 6) is -1.36. The first-order chi connectivity index (χ1) is 41.0. The number of nitrogens with two attached hydrogens (primary N) is 1. The fourth-order valence-corrected chi connectivity index (χ4v) is 11.4. The maximum atomic E-state index is 15.6. The molecule has 3 fully saturated rings. The summed E-state index contributed by atoms with van der Waals surface area (Å²) in [5, 5.41) is 59.4. The van der Waals surface area contributed by atoms with Gasteiger partial charge in [-0.15, -0.1) is 0 Å². The van der Waals surface area contributed by atoms with Gasteiger partial charge in [0.2, 0.25) is 11.8 Å². The Labute approximate surface area is 499 Å². The zero-order valence-corrected chi connectivity index (χ0v) is 50.0. The number of likely N-dealkylation sites (tertiary alicyclic amines) is 2. The number of hydrogen-bond donors (Lipinski definition) is 9. The van der Waals surface area contributed by atoms with Gasteiger partial charge in [0.05, 0.1) is 32.0 Å². The number of rotatable bonds is 25. The Bertz CT molecular complexity index is 2690. The molecule has 21 heteroatoms. The molecule has 470 valence electrons. The highest BCUT2D eigenvalue weighted by Crippen LogP contribution is 2.46.